The highest BCUT2D eigenvalue weighted by atomic mass is 16.6. The van der Waals surface area contributed by atoms with Crippen LogP contribution in [0.5, 0.6) is 0 Å². The lowest BCUT2D eigenvalue weighted by molar-refractivity contribution is -0.384. The molecule has 6 nitrogen and oxygen atoms in total. The molecule has 78 valence electrons. The van der Waals surface area contributed by atoms with Crippen LogP contribution in [0.15, 0.2) is 0 Å². The van der Waals surface area contributed by atoms with Crippen molar-refractivity contribution in [2.45, 2.75) is 27.3 Å². The second-order valence-electron chi connectivity index (χ2n) is 3.65. The zero-order valence-corrected chi connectivity index (χ0v) is 8.52. The monoisotopic (exact) mass is 198 g/mol. The third-order valence-corrected chi connectivity index (χ3v) is 1.85. The van der Waals surface area contributed by atoms with E-state index in [9.17, 15) is 10.1 Å². The molecule has 1 aromatic heterocycles. The summed E-state index contributed by atoms with van der Waals surface area (Å²) in [5.74, 6) is 0.498. The number of aromatic nitrogens is 2. The SMILES string of the molecule is Cc1nn(CC(C)C)c(N)c1[N+](=O)[O-]. The summed E-state index contributed by atoms with van der Waals surface area (Å²) in [4.78, 5) is 10.1. The van der Waals surface area contributed by atoms with Gasteiger partial charge in [-0.25, -0.2) is 4.68 Å². The Hall–Kier alpha value is -1.59. The van der Waals surface area contributed by atoms with Gasteiger partial charge in [-0.3, -0.25) is 10.1 Å². The summed E-state index contributed by atoms with van der Waals surface area (Å²) < 4.78 is 1.48. The third-order valence-electron chi connectivity index (χ3n) is 1.85. The molecule has 0 atom stereocenters. The molecular weight excluding hydrogens is 184 g/mol. The van der Waals surface area contributed by atoms with Gasteiger partial charge in [0.05, 0.1) is 4.92 Å². The van der Waals surface area contributed by atoms with E-state index in [1.165, 1.54) is 4.68 Å². The first kappa shape index (κ1) is 10.5. The highest BCUT2D eigenvalue weighted by molar-refractivity contribution is 5.55. The maximum Gasteiger partial charge on any atom is 0.333 e. The van der Waals surface area contributed by atoms with E-state index in [1.54, 1.807) is 6.92 Å². The second-order valence-corrected chi connectivity index (χ2v) is 3.65. The van der Waals surface area contributed by atoms with Gasteiger partial charge in [-0.1, -0.05) is 13.8 Å². The van der Waals surface area contributed by atoms with Gasteiger partial charge in [-0.15, -0.1) is 0 Å². The Labute approximate surface area is 81.9 Å². The Morgan fingerprint density at radius 1 is 1.64 bits per heavy atom. The average Bonchev–Trinajstić information content (AvgIpc) is 2.25. The van der Waals surface area contributed by atoms with E-state index in [-0.39, 0.29) is 11.5 Å². The molecule has 0 amide bonds. The zero-order valence-electron chi connectivity index (χ0n) is 8.52. The van der Waals surface area contributed by atoms with E-state index in [0.717, 1.165) is 0 Å². The molecule has 0 radical (unpaired) electrons. The van der Waals surface area contributed by atoms with Crippen molar-refractivity contribution in [3.05, 3.63) is 15.8 Å². The number of aryl methyl sites for hydroxylation is 1. The predicted octanol–water partition coefficient (Wildman–Crippen LogP) is 1.34. The van der Waals surface area contributed by atoms with E-state index >= 15 is 0 Å². The molecule has 1 aromatic rings. The van der Waals surface area contributed by atoms with Crippen LogP contribution >= 0.6 is 0 Å². The van der Waals surface area contributed by atoms with Crippen LogP contribution in [-0.2, 0) is 6.54 Å². The zero-order chi connectivity index (χ0) is 10.9. The summed E-state index contributed by atoms with van der Waals surface area (Å²) in [5, 5.41) is 14.6. The van der Waals surface area contributed by atoms with Crippen molar-refractivity contribution in [2.24, 2.45) is 5.92 Å². The molecule has 0 saturated carbocycles. The van der Waals surface area contributed by atoms with Gasteiger partial charge in [0, 0.05) is 6.54 Å². The minimum absolute atomic E-state index is 0.0781. The molecule has 0 fully saturated rings. The Morgan fingerprint density at radius 3 is 2.57 bits per heavy atom. The van der Waals surface area contributed by atoms with Crippen LogP contribution in [0.3, 0.4) is 0 Å². The smallest absolute Gasteiger partial charge is 0.333 e. The van der Waals surface area contributed by atoms with Gasteiger partial charge < -0.3 is 5.73 Å². The van der Waals surface area contributed by atoms with Gasteiger partial charge in [-0.2, -0.15) is 5.10 Å². The van der Waals surface area contributed by atoms with Crippen molar-refractivity contribution < 1.29 is 4.92 Å². The van der Waals surface area contributed by atoms with Gasteiger partial charge in [0.2, 0.25) is 5.82 Å². The molecule has 1 rings (SSSR count). The van der Waals surface area contributed by atoms with Crippen molar-refractivity contribution in [1.82, 2.24) is 9.78 Å². The lowest BCUT2D eigenvalue weighted by Crippen LogP contribution is -2.09. The van der Waals surface area contributed by atoms with Crippen LogP contribution in [0.25, 0.3) is 0 Å². The van der Waals surface area contributed by atoms with Crippen molar-refractivity contribution >= 4 is 11.5 Å². The van der Waals surface area contributed by atoms with Gasteiger partial charge in [0.25, 0.3) is 0 Å². The lowest BCUT2D eigenvalue weighted by atomic mass is 10.2. The quantitative estimate of drug-likeness (QED) is 0.586. The molecule has 2 N–H and O–H groups in total. The van der Waals surface area contributed by atoms with E-state index in [0.29, 0.717) is 18.2 Å². The molecule has 1 heterocycles. The normalized spacial score (nSPS) is 10.9. The van der Waals surface area contributed by atoms with E-state index in [2.05, 4.69) is 5.10 Å². The summed E-state index contributed by atoms with van der Waals surface area (Å²) in [5.41, 5.74) is 5.90. The Bertz CT molecular complexity index is 356. The Kier molecular flexibility index (Phi) is 2.73. The number of nitrogen functional groups attached to an aromatic ring is 1. The first-order chi connectivity index (χ1) is 6.43. The molecule has 0 bridgehead atoms. The fourth-order valence-electron chi connectivity index (χ4n) is 1.30. The van der Waals surface area contributed by atoms with Crippen molar-refractivity contribution in [3.63, 3.8) is 0 Å². The van der Waals surface area contributed by atoms with Crippen molar-refractivity contribution in [3.8, 4) is 0 Å². The first-order valence-corrected chi connectivity index (χ1v) is 4.40. The second kappa shape index (κ2) is 3.65. The molecule has 0 saturated heterocycles. The fourth-order valence-corrected chi connectivity index (χ4v) is 1.30. The molecule has 0 spiro atoms. The minimum atomic E-state index is -0.492. The number of nitrogens with two attached hydrogens (primary N) is 1. The third kappa shape index (κ3) is 1.84. The highest BCUT2D eigenvalue weighted by Crippen LogP contribution is 2.25. The number of nitro groups is 1. The number of rotatable bonds is 3. The molecule has 0 aliphatic heterocycles. The minimum Gasteiger partial charge on any atom is -0.378 e. The number of hydrogen-bond acceptors (Lipinski definition) is 4. The van der Waals surface area contributed by atoms with E-state index in [4.69, 9.17) is 5.73 Å². The molecule has 0 aliphatic rings. The molecule has 0 unspecified atom stereocenters. The van der Waals surface area contributed by atoms with Crippen LogP contribution in [0, 0.1) is 23.0 Å². The standard InChI is InChI=1S/C8H14N4O2/c1-5(2)4-11-8(9)7(12(13)14)6(3)10-11/h5H,4,9H2,1-3H3. The summed E-state index contributed by atoms with van der Waals surface area (Å²) in [6, 6.07) is 0. The molecule has 0 aromatic carbocycles. The van der Waals surface area contributed by atoms with Gasteiger partial charge in [0.1, 0.15) is 5.69 Å². The highest BCUT2D eigenvalue weighted by Gasteiger charge is 2.22. The maximum atomic E-state index is 10.6. The molecule has 6 heteroatoms. The molecule has 0 aliphatic carbocycles. The molecular formula is C8H14N4O2. The van der Waals surface area contributed by atoms with Gasteiger partial charge >= 0.3 is 5.69 Å². The first-order valence-electron chi connectivity index (χ1n) is 4.40. The van der Waals surface area contributed by atoms with Crippen LogP contribution in [0.1, 0.15) is 19.5 Å². The van der Waals surface area contributed by atoms with Gasteiger partial charge in [0.15, 0.2) is 0 Å². The maximum absolute atomic E-state index is 10.6. The topological polar surface area (TPSA) is 87.0 Å². The van der Waals surface area contributed by atoms with Crippen LogP contribution in [0.2, 0.25) is 0 Å². The van der Waals surface area contributed by atoms with E-state index in [1.807, 2.05) is 13.8 Å². The fraction of sp³-hybridized carbons (Fsp3) is 0.625. The van der Waals surface area contributed by atoms with Crippen LogP contribution < -0.4 is 5.73 Å². The number of nitrogens with zero attached hydrogens (tertiary/aromatic N) is 3. The predicted molar refractivity (Wildman–Crippen MR) is 52.9 cm³/mol. The van der Waals surface area contributed by atoms with Gasteiger partial charge in [-0.05, 0) is 12.8 Å². The van der Waals surface area contributed by atoms with Crippen molar-refractivity contribution in [1.29, 1.82) is 0 Å². The summed E-state index contributed by atoms with van der Waals surface area (Å²) in [7, 11) is 0. The van der Waals surface area contributed by atoms with E-state index < -0.39 is 4.92 Å². The summed E-state index contributed by atoms with van der Waals surface area (Å²) >= 11 is 0. The average molecular weight is 198 g/mol. The number of hydrogen-bond donors (Lipinski definition) is 1. The Balaban J connectivity index is 3.10. The van der Waals surface area contributed by atoms with Crippen LogP contribution in [0.4, 0.5) is 11.5 Å². The Morgan fingerprint density at radius 2 is 2.21 bits per heavy atom. The summed E-state index contributed by atoms with van der Waals surface area (Å²) in [6.07, 6.45) is 0. The number of anilines is 1. The molecule has 14 heavy (non-hydrogen) atoms. The summed E-state index contributed by atoms with van der Waals surface area (Å²) in [6.45, 7) is 6.19. The van der Waals surface area contributed by atoms with Crippen LogP contribution in [-0.4, -0.2) is 14.7 Å². The largest absolute Gasteiger partial charge is 0.378 e. The lowest BCUT2D eigenvalue weighted by Gasteiger charge is -2.05. The van der Waals surface area contributed by atoms with Crippen molar-refractivity contribution in [2.75, 3.05) is 5.73 Å².